The van der Waals surface area contributed by atoms with Gasteiger partial charge in [-0.2, -0.15) is 0 Å². The van der Waals surface area contributed by atoms with Gasteiger partial charge in [0.1, 0.15) is 0 Å². The lowest BCUT2D eigenvalue weighted by atomic mass is 10.1. The van der Waals surface area contributed by atoms with Gasteiger partial charge in [-0.05, 0) is 30.5 Å². The van der Waals surface area contributed by atoms with Crippen molar-refractivity contribution in [3.8, 4) is 0 Å². The summed E-state index contributed by atoms with van der Waals surface area (Å²) in [6.07, 6.45) is 1.06. The Bertz CT molecular complexity index is 459. The number of benzene rings is 1. The fraction of sp³-hybridized carbons (Fsp3) is 0.562. The van der Waals surface area contributed by atoms with Crippen molar-refractivity contribution in [2.24, 2.45) is 5.92 Å². The van der Waals surface area contributed by atoms with Crippen LogP contribution in [0.3, 0.4) is 0 Å². The summed E-state index contributed by atoms with van der Waals surface area (Å²) in [5.74, 6) is 0.619. The molecular formula is C16H27N3O2. The topological polar surface area (TPSA) is 67.6 Å². The lowest BCUT2D eigenvalue weighted by Gasteiger charge is -2.14. The van der Waals surface area contributed by atoms with Gasteiger partial charge in [0.15, 0.2) is 0 Å². The van der Waals surface area contributed by atoms with E-state index in [-0.39, 0.29) is 5.91 Å². The van der Waals surface area contributed by atoms with Crippen molar-refractivity contribution in [1.82, 2.24) is 4.90 Å². The van der Waals surface area contributed by atoms with E-state index in [1.165, 1.54) is 0 Å². The molecule has 0 unspecified atom stereocenters. The molecule has 0 fully saturated rings. The van der Waals surface area contributed by atoms with E-state index in [1.54, 1.807) is 37.2 Å². The van der Waals surface area contributed by atoms with Crippen molar-refractivity contribution in [1.29, 1.82) is 0 Å². The van der Waals surface area contributed by atoms with Crippen molar-refractivity contribution in [2.75, 3.05) is 44.9 Å². The second-order valence-corrected chi connectivity index (χ2v) is 5.72. The molecule has 1 amide bonds. The number of rotatable bonds is 8. The van der Waals surface area contributed by atoms with Crippen LogP contribution in [-0.4, -0.2) is 44.7 Å². The van der Waals surface area contributed by atoms with E-state index in [0.29, 0.717) is 30.3 Å². The molecule has 118 valence electrons. The van der Waals surface area contributed by atoms with Gasteiger partial charge in [-0.3, -0.25) is 4.79 Å². The molecule has 0 atom stereocenters. The number of nitrogens with zero attached hydrogens (tertiary/aromatic N) is 1. The third-order valence-electron chi connectivity index (χ3n) is 3.11. The normalized spacial score (nSPS) is 10.7. The predicted octanol–water partition coefficient (Wildman–Crippen LogP) is 2.45. The second-order valence-electron chi connectivity index (χ2n) is 5.72. The maximum absolute atomic E-state index is 11.9. The molecule has 0 aliphatic carbocycles. The highest BCUT2D eigenvalue weighted by Gasteiger charge is 2.10. The summed E-state index contributed by atoms with van der Waals surface area (Å²) in [7, 11) is 3.46. The molecular weight excluding hydrogens is 266 g/mol. The van der Waals surface area contributed by atoms with Crippen molar-refractivity contribution in [3.05, 3.63) is 23.8 Å². The summed E-state index contributed by atoms with van der Waals surface area (Å²) in [5, 5.41) is 3.21. The number of nitrogen functional groups attached to an aromatic ring is 1. The lowest BCUT2D eigenvalue weighted by molar-refractivity contribution is 0.0827. The Morgan fingerprint density at radius 3 is 2.67 bits per heavy atom. The number of anilines is 2. The number of hydrogen-bond acceptors (Lipinski definition) is 4. The number of nitrogens with one attached hydrogen (secondary N) is 1. The van der Waals surface area contributed by atoms with E-state index in [9.17, 15) is 4.79 Å². The third-order valence-corrected chi connectivity index (χ3v) is 3.11. The highest BCUT2D eigenvalue weighted by molar-refractivity contribution is 5.95. The smallest absolute Gasteiger partial charge is 0.253 e. The first-order valence-electron chi connectivity index (χ1n) is 7.34. The van der Waals surface area contributed by atoms with Gasteiger partial charge in [0.05, 0.1) is 18.0 Å². The molecule has 0 aliphatic rings. The van der Waals surface area contributed by atoms with Gasteiger partial charge in [0.2, 0.25) is 0 Å². The van der Waals surface area contributed by atoms with Crippen LogP contribution in [0.5, 0.6) is 0 Å². The number of nitrogens with two attached hydrogens (primary N) is 1. The Morgan fingerprint density at radius 1 is 1.33 bits per heavy atom. The van der Waals surface area contributed by atoms with E-state index in [4.69, 9.17) is 10.5 Å². The number of carbonyl (C=O) groups excluding carboxylic acids is 1. The van der Waals surface area contributed by atoms with Crippen molar-refractivity contribution in [2.45, 2.75) is 20.3 Å². The molecule has 0 spiro atoms. The van der Waals surface area contributed by atoms with Crippen LogP contribution in [0.1, 0.15) is 30.6 Å². The average molecular weight is 293 g/mol. The fourth-order valence-electron chi connectivity index (χ4n) is 1.78. The SMILES string of the molecule is CC(C)CCOCCNc1cc(C(=O)N(C)C)ccc1N. The van der Waals surface area contributed by atoms with Crippen LogP contribution in [0.15, 0.2) is 18.2 Å². The lowest BCUT2D eigenvalue weighted by Crippen LogP contribution is -2.22. The molecule has 21 heavy (non-hydrogen) atoms. The molecule has 0 saturated carbocycles. The van der Waals surface area contributed by atoms with Gasteiger partial charge in [-0.15, -0.1) is 0 Å². The minimum Gasteiger partial charge on any atom is -0.397 e. The summed E-state index contributed by atoms with van der Waals surface area (Å²) in [6, 6.07) is 5.27. The summed E-state index contributed by atoms with van der Waals surface area (Å²) < 4.78 is 5.54. The minimum atomic E-state index is -0.0359. The number of carbonyl (C=O) groups is 1. The molecule has 1 rings (SSSR count). The van der Waals surface area contributed by atoms with E-state index >= 15 is 0 Å². The summed E-state index contributed by atoms with van der Waals surface area (Å²) in [5.41, 5.74) is 7.95. The zero-order chi connectivity index (χ0) is 15.8. The first-order valence-corrected chi connectivity index (χ1v) is 7.34. The second kappa shape index (κ2) is 8.52. The van der Waals surface area contributed by atoms with E-state index in [2.05, 4.69) is 19.2 Å². The Balaban J connectivity index is 2.47. The van der Waals surface area contributed by atoms with Gasteiger partial charge in [0, 0.05) is 32.8 Å². The molecule has 0 aliphatic heterocycles. The molecule has 0 heterocycles. The van der Waals surface area contributed by atoms with E-state index in [1.807, 2.05) is 0 Å². The molecule has 5 heteroatoms. The molecule has 1 aromatic rings. The average Bonchev–Trinajstić information content (AvgIpc) is 2.43. The predicted molar refractivity (Wildman–Crippen MR) is 87.6 cm³/mol. The highest BCUT2D eigenvalue weighted by Crippen LogP contribution is 2.20. The monoisotopic (exact) mass is 293 g/mol. The van der Waals surface area contributed by atoms with Crippen LogP contribution in [0.2, 0.25) is 0 Å². The summed E-state index contributed by atoms with van der Waals surface area (Å²) >= 11 is 0. The molecule has 3 N–H and O–H groups in total. The van der Waals surface area contributed by atoms with Gasteiger partial charge < -0.3 is 20.7 Å². The Kier molecular flexibility index (Phi) is 7.02. The van der Waals surface area contributed by atoms with Crippen molar-refractivity contribution in [3.63, 3.8) is 0 Å². The summed E-state index contributed by atoms with van der Waals surface area (Å²) in [6.45, 7) is 6.42. The first kappa shape index (κ1) is 17.3. The number of ether oxygens (including phenoxy) is 1. The van der Waals surface area contributed by atoms with Crippen LogP contribution < -0.4 is 11.1 Å². The molecule has 0 saturated heterocycles. The van der Waals surface area contributed by atoms with Crippen molar-refractivity contribution < 1.29 is 9.53 Å². The molecule has 0 radical (unpaired) electrons. The minimum absolute atomic E-state index is 0.0359. The van der Waals surface area contributed by atoms with E-state index < -0.39 is 0 Å². The van der Waals surface area contributed by atoms with Crippen LogP contribution in [0.4, 0.5) is 11.4 Å². The molecule has 0 bridgehead atoms. The summed E-state index contributed by atoms with van der Waals surface area (Å²) in [4.78, 5) is 13.5. The number of amides is 1. The van der Waals surface area contributed by atoms with Gasteiger partial charge in [0.25, 0.3) is 5.91 Å². The standard InChI is InChI=1S/C16H27N3O2/c1-12(2)7-9-21-10-8-18-15-11-13(5-6-14(15)17)16(20)19(3)4/h5-6,11-12,18H,7-10,17H2,1-4H3. The number of hydrogen-bond donors (Lipinski definition) is 2. The maximum atomic E-state index is 11.9. The fourth-order valence-corrected chi connectivity index (χ4v) is 1.78. The van der Waals surface area contributed by atoms with Crippen LogP contribution in [0.25, 0.3) is 0 Å². The highest BCUT2D eigenvalue weighted by atomic mass is 16.5. The first-order chi connectivity index (χ1) is 9.91. The van der Waals surface area contributed by atoms with Crippen LogP contribution in [0, 0.1) is 5.92 Å². The molecule has 0 aromatic heterocycles. The Hall–Kier alpha value is -1.75. The zero-order valence-electron chi connectivity index (χ0n) is 13.5. The molecule has 1 aromatic carbocycles. The maximum Gasteiger partial charge on any atom is 0.253 e. The Morgan fingerprint density at radius 2 is 2.05 bits per heavy atom. The van der Waals surface area contributed by atoms with E-state index in [0.717, 1.165) is 18.7 Å². The largest absolute Gasteiger partial charge is 0.397 e. The van der Waals surface area contributed by atoms with Crippen LogP contribution >= 0.6 is 0 Å². The third kappa shape index (κ3) is 6.04. The Labute approximate surface area is 127 Å². The van der Waals surface area contributed by atoms with Gasteiger partial charge in [-0.1, -0.05) is 13.8 Å². The molecule has 5 nitrogen and oxygen atoms in total. The van der Waals surface area contributed by atoms with Gasteiger partial charge in [-0.25, -0.2) is 0 Å². The zero-order valence-corrected chi connectivity index (χ0v) is 13.5. The van der Waals surface area contributed by atoms with Crippen molar-refractivity contribution >= 4 is 17.3 Å². The van der Waals surface area contributed by atoms with Gasteiger partial charge >= 0.3 is 0 Å². The van der Waals surface area contributed by atoms with Crippen LogP contribution in [-0.2, 0) is 4.74 Å². The quantitative estimate of drug-likeness (QED) is 0.570.